The molecule has 0 aliphatic carbocycles. The molecule has 0 amide bonds. The van der Waals surface area contributed by atoms with E-state index in [-0.39, 0.29) is 0 Å². The van der Waals surface area contributed by atoms with Gasteiger partial charge >= 0.3 is 0 Å². The summed E-state index contributed by atoms with van der Waals surface area (Å²) in [7, 11) is 6.49. The Hall–Kier alpha value is -0.430. The lowest BCUT2D eigenvalue weighted by molar-refractivity contribution is 0.0875. The number of halogens is 1. The van der Waals surface area contributed by atoms with Gasteiger partial charge in [-0.15, -0.1) is 0 Å². The molecule has 2 heterocycles. The van der Waals surface area contributed by atoms with E-state index in [0.29, 0.717) is 12.1 Å². The number of aromatic nitrogens is 2. The van der Waals surface area contributed by atoms with Crippen molar-refractivity contribution < 1.29 is 0 Å². The van der Waals surface area contributed by atoms with Gasteiger partial charge in [-0.1, -0.05) is 6.92 Å². The van der Waals surface area contributed by atoms with E-state index in [1.807, 2.05) is 11.7 Å². The number of rotatable bonds is 5. The lowest BCUT2D eigenvalue weighted by Crippen LogP contribution is -2.59. The van der Waals surface area contributed by atoms with Crippen molar-refractivity contribution in [3.05, 3.63) is 15.9 Å². The van der Waals surface area contributed by atoms with Gasteiger partial charge in [0, 0.05) is 45.2 Å². The van der Waals surface area contributed by atoms with Crippen LogP contribution in [0.5, 0.6) is 0 Å². The van der Waals surface area contributed by atoms with E-state index < -0.39 is 0 Å². The highest BCUT2D eigenvalue weighted by atomic mass is 79.9. The Morgan fingerprint density at radius 1 is 1.33 bits per heavy atom. The molecule has 6 heteroatoms. The van der Waals surface area contributed by atoms with Gasteiger partial charge in [-0.2, -0.15) is 5.10 Å². The minimum Gasteiger partial charge on any atom is -0.312 e. The third-order valence-electron chi connectivity index (χ3n) is 4.50. The Labute approximate surface area is 136 Å². The van der Waals surface area contributed by atoms with E-state index in [9.17, 15) is 0 Å². The summed E-state index contributed by atoms with van der Waals surface area (Å²) in [5.41, 5.74) is 2.34. The second kappa shape index (κ2) is 7.22. The molecule has 0 saturated carbocycles. The SMILES string of the molecule is CCNC(Cc1c(Br)c(C)nn1C)C1CN(C)CCN1C. The minimum absolute atomic E-state index is 0.439. The summed E-state index contributed by atoms with van der Waals surface area (Å²) in [6.07, 6.45) is 0.995. The highest BCUT2D eigenvalue weighted by Crippen LogP contribution is 2.23. The van der Waals surface area contributed by atoms with Crippen molar-refractivity contribution in [3.63, 3.8) is 0 Å². The number of piperazine rings is 1. The van der Waals surface area contributed by atoms with E-state index in [4.69, 9.17) is 0 Å². The van der Waals surface area contributed by atoms with Gasteiger partial charge in [-0.3, -0.25) is 9.58 Å². The predicted molar refractivity (Wildman–Crippen MR) is 90.7 cm³/mol. The van der Waals surface area contributed by atoms with E-state index in [1.165, 1.54) is 5.69 Å². The van der Waals surface area contributed by atoms with E-state index in [2.05, 4.69) is 64.1 Å². The smallest absolute Gasteiger partial charge is 0.0738 e. The molecular formula is C15H28BrN5. The van der Waals surface area contributed by atoms with Crippen LogP contribution in [-0.2, 0) is 13.5 Å². The van der Waals surface area contributed by atoms with Crippen LogP contribution in [0.1, 0.15) is 18.3 Å². The molecule has 1 aromatic heterocycles. The fraction of sp³-hybridized carbons (Fsp3) is 0.800. The molecule has 0 spiro atoms. The molecule has 1 N–H and O–H groups in total. The molecule has 1 aliphatic rings. The predicted octanol–water partition coefficient (Wildman–Crippen LogP) is 1.26. The Morgan fingerprint density at radius 2 is 2.05 bits per heavy atom. The van der Waals surface area contributed by atoms with E-state index in [1.54, 1.807) is 0 Å². The van der Waals surface area contributed by atoms with Gasteiger partial charge in [-0.05, 0) is 43.5 Å². The van der Waals surface area contributed by atoms with Crippen molar-refractivity contribution in [3.8, 4) is 0 Å². The summed E-state index contributed by atoms with van der Waals surface area (Å²) in [4.78, 5) is 4.92. The number of likely N-dealkylation sites (N-methyl/N-ethyl adjacent to an activating group) is 3. The summed E-state index contributed by atoms with van der Waals surface area (Å²) < 4.78 is 3.16. The average Bonchev–Trinajstić information content (AvgIpc) is 2.67. The third kappa shape index (κ3) is 3.86. The molecule has 1 saturated heterocycles. The van der Waals surface area contributed by atoms with Gasteiger partial charge in [-0.25, -0.2) is 0 Å². The first-order chi connectivity index (χ1) is 9.93. The molecule has 1 fully saturated rings. The summed E-state index contributed by atoms with van der Waals surface area (Å²) >= 11 is 3.70. The lowest BCUT2D eigenvalue weighted by atomic mass is 9.99. The molecule has 0 radical (unpaired) electrons. The highest BCUT2D eigenvalue weighted by molar-refractivity contribution is 9.10. The van der Waals surface area contributed by atoms with Crippen LogP contribution in [-0.4, -0.2) is 71.9 Å². The number of nitrogens with zero attached hydrogens (tertiary/aromatic N) is 4. The first-order valence-corrected chi connectivity index (χ1v) is 8.53. The molecule has 1 aromatic rings. The second-order valence-corrected chi connectivity index (χ2v) is 6.94. The fourth-order valence-electron chi connectivity index (χ4n) is 3.20. The maximum Gasteiger partial charge on any atom is 0.0738 e. The Bertz CT molecular complexity index is 473. The van der Waals surface area contributed by atoms with Crippen LogP contribution in [0.2, 0.25) is 0 Å². The maximum absolute atomic E-state index is 4.52. The normalized spacial score (nSPS) is 22.7. The molecule has 1 aliphatic heterocycles. The first kappa shape index (κ1) is 16.9. The van der Waals surface area contributed by atoms with Gasteiger partial charge in [0.25, 0.3) is 0 Å². The number of nitrogens with one attached hydrogen (secondary N) is 1. The number of hydrogen-bond acceptors (Lipinski definition) is 4. The molecule has 120 valence electrons. The molecule has 5 nitrogen and oxygen atoms in total. The highest BCUT2D eigenvalue weighted by Gasteiger charge is 2.30. The number of hydrogen-bond donors (Lipinski definition) is 1. The number of aryl methyl sites for hydroxylation is 2. The third-order valence-corrected chi connectivity index (χ3v) is 5.54. The van der Waals surface area contributed by atoms with Crippen molar-refractivity contribution in [2.45, 2.75) is 32.4 Å². The van der Waals surface area contributed by atoms with Gasteiger partial charge in [0.15, 0.2) is 0 Å². The van der Waals surface area contributed by atoms with Crippen molar-refractivity contribution in [2.24, 2.45) is 7.05 Å². The van der Waals surface area contributed by atoms with Crippen LogP contribution >= 0.6 is 15.9 Å². The largest absolute Gasteiger partial charge is 0.312 e. The zero-order valence-electron chi connectivity index (χ0n) is 13.9. The standard InChI is InChI=1S/C15H28BrN5/c1-6-17-12(14-10-19(3)7-8-20(14)4)9-13-15(16)11(2)18-21(13)5/h12,14,17H,6-10H2,1-5H3. The second-order valence-electron chi connectivity index (χ2n) is 6.15. The molecule has 0 bridgehead atoms. The zero-order valence-corrected chi connectivity index (χ0v) is 15.4. The first-order valence-electron chi connectivity index (χ1n) is 7.74. The van der Waals surface area contributed by atoms with Gasteiger partial charge in [0.05, 0.1) is 15.9 Å². The molecule has 0 aromatic carbocycles. The van der Waals surface area contributed by atoms with Crippen LogP contribution in [0.25, 0.3) is 0 Å². The summed E-state index contributed by atoms with van der Waals surface area (Å²) in [6, 6.07) is 0.972. The van der Waals surface area contributed by atoms with Crippen molar-refractivity contribution >= 4 is 15.9 Å². The van der Waals surface area contributed by atoms with Crippen LogP contribution < -0.4 is 5.32 Å². The van der Waals surface area contributed by atoms with Gasteiger partial charge in [0.2, 0.25) is 0 Å². The molecule has 2 atom stereocenters. The summed E-state index contributed by atoms with van der Waals surface area (Å²) in [5, 5.41) is 8.21. The molecule has 2 rings (SSSR count). The Morgan fingerprint density at radius 3 is 2.62 bits per heavy atom. The minimum atomic E-state index is 0.439. The molecule has 2 unspecified atom stereocenters. The average molecular weight is 358 g/mol. The Kier molecular flexibility index (Phi) is 5.82. The van der Waals surface area contributed by atoms with Gasteiger partial charge < -0.3 is 10.2 Å². The summed E-state index contributed by atoms with van der Waals surface area (Å²) in [6.45, 7) is 8.63. The van der Waals surface area contributed by atoms with E-state index in [0.717, 1.165) is 42.8 Å². The van der Waals surface area contributed by atoms with Crippen LogP contribution in [0.15, 0.2) is 4.47 Å². The van der Waals surface area contributed by atoms with Crippen LogP contribution in [0.4, 0.5) is 0 Å². The topological polar surface area (TPSA) is 36.3 Å². The zero-order chi connectivity index (χ0) is 15.6. The van der Waals surface area contributed by atoms with Crippen LogP contribution in [0, 0.1) is 6.92 Å². The quantitative estimate of drug-likeness (QED) is 0.860. The van der Waals surface area contributed by atoms with Crippen molar-refractivity contribution in [1.29, 1.82) is 0 Å². The van der Waals surface area contributed by atoms with Crippen LogP contribution in [0.3, 0.4) is 0 Å². The van der Waals surface area contributed by atoms with Crippen molar-refractivity contribution in [2.75, 3.05) is 40.3 Å². The maximum atomic E-state index is 4.52. The fourth-order valence-corrected chi connectivity index (χ4v) is 3.69. The molecule has 21 heavy (non-hydrogen) atoms. The monoisotopic (exact) mass is 357 g/mol. The lowest BCUT2D eigenvalue weighted by Gasteiger charge is -2.42. The van der Waals surface area contributed by atoms with Gasteiger partial charge in [0.1, 0.15) is 0 Å². The molecular weight excluding hydrogens is 330 g/mol. The van der Waals surface area contributed by atoms with Crippen molar-refractivity contribution in [1.82, 2.24) is 24.9 Å². The Balaban J connectivity index is 2.18. The summed E-state index contributed by atoms with van der Waals surface area (Å²) in [5.74, 6) is 0. The van der Waals surface area contributed by atoms with E-state index >= 15 is 0 Å².